The Morgan fingerprint density at radius 3 is 2.24 bits per heavy atom. The number of hydrogen-bond donors (Lipinski definition) is 1. The first-order chi connectivity index (χ1) is 15.9. The monoisotopic (exact) mass is 451 g/mol. The van der Waals surface area contributed by atoms with Gasteiger partial charge in [0.25, 0.3) is 11.7 Å². The number of aliphatic hydroxyl groups is 1. The van der Waals surface area contributed by atoms with E-state index in [1.54, 1.807) is 24.3 Å². The molecule has 33 heavy (non-hydrogen) atoms. The molecule has 1 amide bonds. The summed E-state index contributed by atoms with van der Waals surface area (Å²) in [5.41, 5.74) is 2.49. The van der Waals surface area contributed by atoms with Gasteiger partial charge in [-0.1, -0.05) is 38.1 Å². The number of ether oxygens (including phenoxy) is 2. The number of amides is 1. The number of carbonyl (C=O) groups excluding carboxylic acids is 2. The Labute approximate surface area is 195 Å². The van der Waals surface area contributed by atoms with Crippen molar-refractivity contribution in [1.29, 1.82) is 0 Å². The number of benzene rings is 2. The summed E-state index contributed by atoms with van der Waals surface area (Å²) in [4.78, 5) is 27.5. The Balaban J connectivity index is 2.01. The number of aliphatic hydroxyl groups excluding tert-OH is 1. The first kappa shape index (κ1) is 24.5. The number of hydrogen-bond acceptors (Lipinski definition) is 5. The summed E-state index contributed by atoms with van der Waals surface area (Å²) < 4.78 is 11.2. The number of rotatable bonds is 10. The fourth-order valence-electron chi connectivity index (χ4n) is 3.86. The van der Waals surface area contributed by atoms with Crippen molar-refractivity contribution in [2.45, 2.75) is 52.7 Å². The number of likely N-dealkylation sites (tertiary alicyclic amines) is 1. The second-order valence-corrected chi connectivity index (χ2v) is 8.38. The van der Waals surface area contributed by atoms with E-state index in [9.17, 15) is 14.7 Å². The van der Waals surface area contributed by atoms with Crippen LogP contribution in [-0.2, 0) is 20.7 Å². The van der Waals surface area contributed by atoms with Gasteiger partial charge in [-0.3, -0.25) is 9.59 Å². The summed E-state index contributed by atoms with van der Waals surface area (Å²) in [7, 11) is 0. The number of aryl methyl sites for hydroxylation is 1. The van der Waals surface area contributed by atoms with Crippen LogP contribution >= 0.6 is 0 Å². The van der Waals surface area contributed by atoms with E-state index in [4.69, 9.17) is 9.47 Å². The highest BCUT2D eigenvalue weighted by molar-refractivity contribution is 6.46. The first-order valence-corrected chi connectivity index (χ1v) is 11.6. The summed E-state index contributed by atoms with van der Waals surface area (Å²) in [6, 6.07) is 14.0. The van der Waals surface area contributed by atoms with Crippen LogP contribution in [0.1, 0.15) is 56.8 Å². The fraction of sp³-hybridized carbons (Fsp3) is 0.407. The molecule has 1 heterocycles. The van der Waals surface area contributed by atoms with Crippen LogP contribution in [0.4, 0.5) is 0 Å². The van der Waals surface area contributed by atoms with Crippen LogP contribution in [0.5, 0.6) is 5.75 Å². The quantitative estimate of drug-likeness (QED) is 0.316. The summed E-state index contributed by atoms with van der Waals surface area (Å²) >= 11 is 0. The Hall–Kier alpha value is -3.12. The molecule has 6 nitrogen and oxygen atoms in total. The molecule has 3 rings (SSSR count). The lowest BCUT2D eigenvalue weighted by Crippen LogP contribution is -2.33. The lowest BCUT2D eigenvalue weighted by molar-refractivity contribution is -0.140. The molecule has 2 aromatic carbocycles. The van der Waals surface area contributed by atoms with Crippen LogP contribution in [-0.4, -0.2) is 47.6 Å². The Kier molecular flexibility index (Phi) is 8.28. The van der Waals surface area contributed by atoms with Gasteiger partial charge in [0, 0.05) is 12.1 Å². The van der Waals surface area contributed by atoms with E-state index in [1.165, 1.54) is 4.90 Å². The molecule has 0 radical (unpaired) electrons. The second kappa shape index (κ2) is 11.1. The smallest absolute Gasteiger partial charge is 0.295 e. The maximum Gasteiger partial charge on any atom is 0.295 e. The SMILES string of the molecule is CCCOc1ccc(/C(O)=C2/C(=O)C(=O)N(CCOC(C)C)C2c2ccc(CC)cc2)cc1. The molecule has 0 bridgehead atoms. The minimum absolute atomic E-state index is 0.0116. The van der Waals surface area contributed by atoms with Crippen molar-refractivity contribution in [1.82, 2.24) is 4.90 Å². The van der Waals surface area contributed by atoms with E-state index in [0.717, 1.165) is 24.0 Å². The van der Waals surface area contributed by atoms with Crippen molar-refractivity contribution in [2.75, 3.05) is 19.8 Å². The average molecular weight is 452 g/mol. The first-order valence-electron chi connectivity index (χ1n) is 11.6. The number of nitrogens with zero attached hydrogens (tertiary/aromatic N) is 1. The van der Waals surface area contributed by atoms with Crippen LogP contribution in [0.3, 0.4) is 0 Å². The minimum Gasteiger partial charge on any atom is -0.507 e. The molecule has 176 valence electrons. The molecule has 6 heteroatoms. The lowest BCUT2D eigenvalue weighted by Gasteiger charge is -2.26. The van der Waals surface area contributed by atoms with E-state index in [-0.39, 0.29) is 24.0 Å². The molecule has 0 saturated carbocycles. The minimum atomic E-state index is -0.687. The van der Waals surface area contributed by atoms with Gasteiger partial charge in [-0.05, 0) is 62.1 Å². The molecule has 0 aromatic heterocycles. The van der Waals surface area contributed by atoms with E-state index in [1.807, 2.05) is 45.0 Å². The highest BCUT2D eigenvalue weighted by Gasteiger charge is 2.45. The third kappa shape index (κ3) is 5.63. The summed E-state index contributed by atoms with van der Waals surface area (Å²) in [5.74, 6) is -0.817. The van der Waals surface area contributed by atoms with Gasteiger partial charge in [0.2, 0.25) is 0 Å². The van der Waals surface area contributed by atoms with Crippen molar-refractivity contribution < 1.29 is 24.2 Å². The Bertz CT molecular complexity index is 992. The Morgan fingerprint density at radius 1 is 1.00 bits per heavy atom. The summed E-state index contributed by atoms with van der Waals surface area (Å²) in [5, 5.41) is 11.1. The van der Waals surface area contributed by atoms with Crippen LogP contribution in [0.15, 0.2) is 54.1 Å². The Morgan fingerprint density at radius 2 is 1.67 bits per heavy atom. The van der Waals surface area contributed by atoms with Gasteiger partial charge < -0.3 is 19.5 Å². The molecule has 1 fully saturated rings. The molecule has 1 atom stereocenters. The molecule has 1 aliphatic rings. The van der Waals surface area contributed by atoms with Gasteiger partial charge in [0.05, 0.1) is 30.9 Å². The number of ketones is 1. The van der Waals surface area contributed by atoms with E-state index >= 15 is 0 Å². The van der Waals surface area contributed by atoms with Gasteiger partial charge >= 0.3 is 0 Å². The molecular formula is C27H33NO5. The summed E-state index contributed by atoms with van der Waals surface area (Å²) in [6.07, 6.45) is 1.79. The number of carbonyl (C=O) groups is 2. The van der Waals surface area contributed by atoms with Crippen LogP contribution in [0.2, 0.25) is 0 Å². The van der Waals surface area contributed by atoms with Gasteiger partial charge in [-0.2, -0.15) is 0 Å². The normalized spacial score (nSPS) is 17.7. The molecular weight excluding hydrogens is 418 g/mol. The van der Waals surface area contributed by atoms with E-state index in [0.29, 0.717) is 24.5 Å². The van der Waals surface area contributed by atoms with Crippen LogP contribution in [0, 0.1) is 0 Å². The highest BCUT2D eigenvalue weighted by atomic mass is 16.5. The van der Waals surface area contributed by atoms with Gasteiger partial charge in [0.1, 0.15) is 11.5 Å². The van der Waals surface area contributed by atoms with Gasteiger partial charge in [-0.25, -0.2) is 0 Å². The maximum absolute atomic E-state index is 13.1. The average Bonchev–Trinajstić information content (AvgIpc) is 3.07. The van der Waals surface area contributed by atoms with Crippen LogP contribution in [0.25, 0.3) is 5.76 Å². The molecule has 0 spiro atoms. The van der Waals surface area contributed by atoms with Crippen molar-refractivity contribution in [3.63, 3.8) is 0 Å². The zero-order valence-electron chi connectivity index (χ0n) is 19.8. The van der Waals surface area contributed by atoms with Gasteiger partial charge in [-0.15, -0.1) is 0 Å². The third-order valence-corrected chi connectivity index (χ3v) is 5.63. The molecule has 1 aliphatic heterocycles. The molecule has 1 saturated heterocycles. The predicted molar refractivity (Wildman–Crippen MR) is 128 cm³/mol. The largest absolute Gasteiger partial charge is 0.507 e. The summed E-state index contributed by atoms with van der Waals surface area (Å²) in [6.45, 7) is 9.09. The molecule has 1 unspecified atom stereocenters. The predicted octanol–water partition coefficient (Wildman–Crippen LogP) is 4.88. The zero-order chi connectivity index (χ0) is 24.0. The lowest BCUT2D eigenvalue weighted by atomic mass is 9.94. The van der Waals surface area contributed by atoms with Crippen molar-refractivity contribution in [2.24, 2.45) is 0 Å². The maximum atomic E-state index is 13.1. The second-order valence-electron chi connectivity index (χ2n) is 8.38. The third-order valence-electron chi connectivity index (χ3n) is 5.63. The van der Waals surface area contributed by atoms with Crippen molar-refractivity contribution in [3.8, 4) is 5.75 Å². The van der Waals surface area contributed by atoms with Crippen molar-refractivity contribution in [3.05, 3.63) is 70.8 Å². The van der Waals surface area contributed by atoms with Crippen LogP contribution < -0.4 is 4.74 Å². The molecule has 0 aliphatic carbocycles. The number of Topliss-reactive ketones (excluding diaryl/α,β-unsaturated/α-hetero) is 1. The van der Waals surface area contributed by atoms with Crippen molar-refractivity contribution >= 4 is 17.4 Å². The van der Waals surface area contributed by atoms with Gasteiger partial charge in [0.15, 0.2) is 0 Å². The zero-order valence-corrected chi connectivity index (χ0v) is 19.8. The fourth-order valence-corrected chi connectivity index (χ4v) is 3.86. The standard InChI is InChI=1S/C27H33NO5/c1-5-16-33-22-13-11-21(12-14-22)25(29)23-24(20-9-7-19(6-2)8-10-20)28(27(31)26(23)30)15-17-32-18(3)4/h7-14,18,24,29H,5-6,15-17H2,1-4H3/b25-23-. The topological polar surface area (TPSA) is 76.1 Å². The molecule has 2 aromatic rings. The van der Waals surface area contributed by atoms with E-state index < -0.39 is 17.7 Å². The van der Waals surface area contributed by atoms with E-state index in [2.05, 4.69) is 6.92 Å². The highest BCUT2D eigenvalue weighted by Crippen LogP contribution is 2.39. The molecule has 1 N–H and O–H groups in total.